The normalized spacial score (nSPS) is 15.6. The maximum absolute atomic E-state index is 12.4. The van der Waals surface area contributed by atoms with E-state index in [9.17, 15) is 18.0 Å². The SMILES string of the molecule is O=C(NCc1ccc(-c2noc(C(F)(F)F)n2)s1)C1CCC1. The van der Waals surface area contributed by atoms with Crippen molar-refractivity contribution in [2.24, 2.45) is 5.92 Å². The number of nitrogens with zero attached hydrogens (tertiary/aromatic N) is 2. The van der Waals surface area contributed by atoms with Gasteiger partial charge in [0.2, 0.25) is 11.7 Å². The van der Waals surface area contributed by atoms with E-state index in [2.05, 4.69) is 20.0 Å². The number of hydrogen-bond acceptors (Lipinski definition) is 5. The number of amides is 1. The highest BCUT2D eigenvalue weighted by atomic mass is 32.1. The molecule has 22 heavy (non-hydrogen) atoms. The Bertz CT molecular complexity index is 676. The molecule has 1 aliphatic carbocycles. The Morgan fingerprint density at radius 2 is 2.18 bits per heavy atom. The van der Waals surface area contributed by atoms with E-state index in [0.29, 0.717) is 11.4 Å². The van der Waals surface area contributed by atoms with E-state index >= 15 is 0 Å². The van der Waals surface area contributed by atoms with E-state index in [0.717, 1.165) is 24.1 Å². The van der Waals surface area contributed by atoms with Crippen molar-refractivity contribution in [1.82, 2.24) is 15.5 Å². The first kappa shape index (κ1) is 15.0. The summed E-state index contributed by atoms with van der Waals surface area (Å²) in [5, 5.41) is 6.15. The van der Waals surface area contributed by atoms with Crippen molar-refractivity contribution in [3.63, 3.8) is 0 Å². The standard InChI is InChI=1S/C13H12F3N3O2S/c14-13(15,16)12-18-10(19-21-12)9-5-4-8(22-9)6-17-11(20)7-2-1-3-7/h4-5,7H,1-3,6H2,(H,17,20). The summed E-state index contributed by atoms with van der Waals surface area (Å²) in [5.41, 5.74) is 0. The van der Waals surface area contributed by atoms with E-state index in [-0.39, 0.29) is 17.6 Å². The Kier molecular flexibility index (Phi) is 3.90. The van der Waals surface area contributed by atoms with Gasteiger partial charge < -0.3 is 9.84 Å². The summed E-state index contributed by atoms with van der Waals surface area (Å²) in [7, 11) is 0. The van der Waals surface area contributed by atoms with Gasteiger partial charge in [-0.1, -0.05) is 11.6 Å². The molecule has 0 radical (unpaired) electrons. The molecule has 5 nitrogen and oxygen atoms in total. The van der Waals surface area contributed by atoms with Crippen molar-refractivity contribution in [3.8, 4) is 10.7 Å². The molecule has 0 spiro atoms. The van der Waals surface area contributed by atoms with Crippen LogP contribution in [0.1, 0.15) is 30.0 Å². The van der Waals surface area contributed by atoms with Crippen molar-refractivity contribution in [2.75, 3.05) is 0 Å². The lowest BCUT2D eigenvalue weighted by Crippen LogP contribution is -2.33. The fourth-order valence-corrected chi connectivity index (χ4v) is 2.89. The van der Waals surface area contributed by atoms with Crippen LogP contribution in [-0.4, -0.2) is 16.0 Å². The van der Waals surface area contributed by atoms with Gasteiger partial charge in [0.15, 0.2) is 0 Å². The van der Waals surface area contributed by atoms with Crippen LogP contribution in [0.4, 0.5) is 13.2 Å². The predicted molar refractivity (Wildman–Crippen MR) is 71.8 cm³/mol. The van der Waals surface area contributed by atoms with Crippen molar-refractivity contribution in [1.29, 1.82) is 0 Å². The molecule has 2 aromatic heterocycles. The third kappa shape index (κ3) is 3.13. The summed E-state index contributed by atoms with van der Waals surface area (Å²) in [6.07, 6.45) is -1.72. The second-order valence-electron chi connectivity index (χ2n) is 5.03. The molecule has 1 amide bonds. The molecule has 0 saturated heterocycles. The monoisotopic (exact) mass is 331 g/mol. The summed E-state index contributed by atoms with van der Waals surface area (Å²) in [6, 6.07) is 3.34. The number of nitrogens with one attached hydrogen (secondary N) is 1. The molecule has 2 aromatic rings. The third-order valence-corrected chi connectivity index (χ3v) is 4.54. The fourth-order valence-electron chi connectivity index (χ4n) is 2.02. The third-order valence-electron chi connectivity index (χ3n) is 3.46. The Morgan fingerprint density at radius 1 is 1.41 bits per heavy atom. The lowest BCUT2D eigenvalue weighted by molar-refractivity contribution is -0.159. The molecule has 0 aliphatic heterocycles. The van der Waals surface area contributed by atoms with Crippen LogP contribution in [0.25, 0.3) is 10.7 Å². The number of rotatable bonds is 4. The zero-order chi connectivity index (χ0) is 15.7. The van der Waals surface area contributed by atoms with E-state index in [1.54, 1.807) is 12.1 Å². The second kappa shape index (κ2) is 5.71. The highest BCUT2D eigenvalue weighted by Gasteiger charge is 2.38. The number of aromatic nitrogens is 2. The minimum absolute atomic E-state index is 0.0279. The van der Waals surface area contributed by atoms with Crippen LogP contribution < -0.4 is 5.32 Å². The highest BCUT2D eigenvalue weighted by Crippen LogP contribution is 2.32. The zero-order valence-electron chi connectivity index (χ0n) is 11.3. The Morgan fingerprint density at radius 3 is 2.77 bits per heavy atom. The molecule has 1 N–H and O–H groups in total. The minimum Gasteiger partial charge on any atom is -0.351 e. The van der Waals surface area contributed by atoms with E-state index < -0.39 is 12.1 Å². The van der Waals surface area contributed by atoms with Gasteiger partial charge in [0, 0.05) is 10.8 Å². The number of carbonyl (C=O) groups excluding carboxylic acids is 1. The first-order valence-electron chi connectivity index (χ1n) is 6.71. The molecule has 0 atom stereocenters. The predicted octanol–water partition coefficient (Wildman–Crippen LogP) is 3.23. The largest absolute Gasteiger partial charge is 0.471 e. The molecule has 2 heterocycles. The Labute approximate surface area is 127 Å². The second-order valence-corrected chi connectivity index (χ2v) is 6.20. The molecule has 0 aromatic carbocycles. The van der Waals surface area contributed by atoms with Gasteiger partial charge in [-0.3, -0.25) is 4.79 Å². The quantitative estimate of drug-likeness (QED) is 0.934. The maximum Gasteiger partial charge on any atom is 0.471 e. The van der Waals surface area contributed by atoms with E-state index in [1.165, 1.54) is 11.3 Å². The molecule has 3 rings (SSSR count). The van der Waals surface area contributed by atoms with Gasteiger partial charge in [0.05, 0.1) is 11.4 Å². The fraction of sp³-hybridized carbons (Fsp3) is 0.462. The van der Waals surface area contributed by atoms with Gasteiger partial charge in [0.25, 0.3) is 0 Å². The smallest absolute Gasteiger partial charge is 0.351 e. The van der Waals surface area contributed by atoms with Crippen LogP contribution in [0.3, 0.4) is 0 Å². The summed E-state index contributed by atoms with van der Waals surface area (Å²) in [5.74, 6) is -1.34. The van der Waals surface area contributed by atoms with Gasteiger partial charge in [-0.2, -0.15) is 18.2 Å². The molecule has 0 unspecified atom stereocenters. The number of hydrogen-bond donors (Lipinski definition) is 1. The van der Waals surface area contributed by atoms with Crippen molar-refractivity contribution in [3.05, 3.63) is 22.9 Å². The summed E-state index contributed by atoms with van der Waals surface area (Å²) < 4.78 is 41.4. The summed E-state index contributed by atoms with van der Waals surface area (Å²) in [4.78, 5) is 16.3. The first-order valence-corrected chi connectivity index (χ1v) is 7.53. The van der Waals surface area contributed by atoms with Gasteiger partial charge in [0.1, 0.15) is 0 Å². The molecule has 1 fully saturated rings. The molecule has 0 bridgehead atoms. The lowest BCUT2D eigenvalue weighted by atomic mass is 9.85. The van der Waals surface area contributed by atoms with E-state index in [1.807, 2.05) is 0 Å². The average molecular weight is 331 g/mol. The molecule has 1 saturated carbocycles. The van der Waals surface area contributed by atoms with Gasteiger partial charge in [-0.15, -0.1) is 11.3 Å². The van der Waals surface area contributed by atoms with Crippen LogP contribution in [0.5, 0.6) is 0 Å². The first-order chi connectivity index (χ1) is 10.4. The lowest BCUT2D eigenvalue weighted by Gasteiger charge is -2.23. The highest BCUT2D eigenvalue weighted by molar-refractivity contribution is 7.15. The molecular formula is C13H12F3N3O2S. The van der Waals surface area contributed by atoms with Crippen LogP contribution in [0.15, 0.2) is 16.7 Å². The topological polar surface area (TPSA) is 68.0 Å². The number of alkyl halides is 3. The molecule has 1 aliphatic rings. The van der Waals surface area contributed by atoms with Gasteiger partial charge in [-0.05, 0) is 25.0 Å². The molecular weight excluding hydrogens is 319 g/mol. The Hall–Kier alpha value is -1.90. The van der Waals surface area contributed by atoms with E-state index in [4.69, 9.17) is 0 Å². The minimum atomic E-state index is -4.65. The summed E-state index contributed by atoms with van der Waals surface area (Å²) in [6.45, 7) is 0.351. The molecule has 118 valence electrons. The van der Waals surface area contributed by atoms with Crippen LogP contribution in [-0.2, 0) is 17.5 Å². The number of carbonyl (C=O) groups is 1. The summed E-state index contributed by atoms with van der Waals surface area (Å²) >= 11 is 1.22. The van der Waals surface area contributed by atoms with Gasteiger partial charge in [-0.25, -0.2) is 0 Å². The average Bonchev–Trinajstić information content (AvgIpc) is 3.02. The zero-order valence-corrected chi connectivity index (χ0v) is 12.1. The Balaban J connectivity index is 1.63. The van der Waals surface area contributed by atoms with Crippen molar-refractivity contribution in [2.45, 2.75) is 32.0 Å². The van der Waals surface area contributed by atoms with Crippen LogP contribution >= 0.6 is 11.3 Å². The number of thiophene rings is 1. The number of halogens is 3. The maximum atomic E-state index is 12.4. The van der Waals surface area contributed by atoms with Crippen LogP contribution in [0.2, 0.25) is 0 Å². The van der Waals surface area contributed by atoms with Crippen molar-refractivity contribution >= 4 is 17.2 Å². The van der Waals surface area contributed by atoms with Crippen LogP contribution in [0, 0.1) is 5.92 Å². The van der Waals surface area contributed by atoms with Crippen molar-refractivity contribution < 1.29 is 22.5 Å². The molecule has 9 heteroatoms. The van der Waals surface area contributed by atoms with Gasteiger partial charge >= 0.3 is 12.1 Å².